The molecule has 2 aromatic carbocycles. The maximum Gasteiger partial charge on any atom is 0.245 e. The van der Waals surface area contributed by atoms with Gasteiger partial charge in [0.05, 0.1) is 7.11 Å². The van der Waals surface area contributed by atoms with Gasteiger partial charge in [-0.25, -0.2) is 0 Å². The number of ether oxygens (including phenoxy) is 1. The summed E-state index contributed by atoms with van der Waals surface area (Å²) in [5.41, 5.74) is 2.13. The summed E-state index contributed by atoms with van der Waals surface area (Å²) < 4.78 is 5.29. The molecule has 6 nitrogen and oxygen atoms in total. The molecule has 1 aliphatic heterocycles. The number of anilines is 1. The highest BCUT2D eigenvalue weighted by Crippen LogP contribution is 2.23. The lowest BCUT2D eigenvalue weighted by molar-refractivity contribution is -0.136. The van der Waals surface area contributed by atoms with Crippen LogP contribution in [0.1, 0.15) is 25.3 Å². The average molecular weight is 410 g/mol. The number of hydrogen-bond donors (Lipinski definition) is 1. The van der Waals surface area contributed by atoms with Crippen molar-refractivity contribution in [2.45, 2.75) is 38.3 Å². The molecule has 1 aliphatic rings. The molecule has 2 unspecified atom stereocenters. The summed E-state index contributed by atoms with van der Waals surface area (Å²) in [6.07, 6.45) is 2.41. The van der Waals surface area contributed by atoms with Crippen LogP contribution in [0.2, 0.25) is 0 Å². The van der Waals surface area contributed by atoms with Gasteiger partial charge in [-0.05, 0) is 42.7 Å². The lowest BCUT2D eigenvalue weighted by Gasteiger charge is -2.40. The molecule has 2 atom stereocenters. The second-order valence-corrected chi connectivity index (χ2v) is 7.84. The molecule has 2 amide bonds. The minimum absolute atomic E-state index is 0.0621. The van der Waals surface area contributed by atoms with E-state index in [1.54, 1.807) is 7.11 Å². The van der Waals surface area contributed by atoms with Crippen LogP contribution in [-0.4, -0.2) is 56.0 Å². The first-order valence-corrected chi connectivity index (χ1v) is 10.4. The lowest BCUT2D eigenvalue weighted by atomic mass is 10.0. The second-order valence-electron chi connectivity index (χ2n) is 7.84. The van der Waals surface area contributed by atoms with Gasteiger partial charge in [0.25, 0.3) is 0 Å². The van der Waals surface area contributed by atoms with E-state index in [2.05, 4.69) is 22.3 Å². The largest absolute Gasteiger partial charge is 0.497 e. The Morgan fingerprint density at radius 1 is 1.20 bits per heavy atom. The zero-order valence-electron chi connectivity index (χ0n) is 18.0. The lowest BCUT2D eigenvalue weighted by Crippen LogP contribution is -2.55. The van der Waals surface area contributed by atoms with E-state index >= 15 is 0 Å². The number of carbonyl (C=O) groups is 2. The predicted octanol–water partition coefficient (Wildman–Crippen LogP) is 2.87. The van der Waals surface area contributed by atoms with E-state index in [1.165, 1.54) is 12.6 Å². The molecule has 1 saturated heterocycles. The molecule has 0 aromatic heterocycles. The summed E-state index contributed by atoms with van der Waals surface area (Å²) in [6.45, 7) is 3.23. The molecule has 0 radical (unpaired) electrons. The Labute approximate surface area is 178 Å². The molecule has 0 bridgehead atoms. The number of nitrogens with one attached hydrogen (secondary N) is 1. The average Bonchev–Trinajstić information content (AvgIpc) is 2.78. The van der Waals surface area contributed by atoms with Gasteiger partial charge in [-0.3, -0.25) is 9.59 Å². The Bertz CT molecular complexity index is 856. The summed E-state index contributed by atoms with van der Waals surface area (Å²) in [6, 6.07) is 17.4. The SMILES string of the molecule is COc1cccc(CC(NC(C)=O)C(=O)N(C)C2CCCN(c3ccccc3)C2)c1. The van der Waals surface area contributed by atoms with E-state index in [0.29, 0.717) is 6.42 Å². The third-order valence-electron chi connectivity index (χ3n) is 5.66. The normalized spacial score (nSPS) is 17.2. The summed E-state index contributed by atoms with van der Waals surface area (Å²) in [5, 5.41) is 2.84. The Morgan fingerprint density at radius 2 is 1.97 bits per heavy atom. The van der Waals surface area contributed by atoms with Crippen LogP contribution < -0.4 is 15.0 Å². The molecule has 0 spiro atoms. The number of methoxy groups -OCH3 is 1. The summed E-state index contributed by atoms with van der Waals surface area (Å²) in [4.78, 5) is 29.3. The van der Waals surface area contributed by atoms with Crippen molar-refractivity contribution in [1.82, 2.24) is 10.2 Å². The van der Waals surface area contributed by atoms with Crippen LogP contribution in [0.3, 0.4) is 0 Å². The third-order valence-corrected chi connectivity index (χ3v) is 5.66. The van der Waals surface area contributed by atoms with E-state index < -0.39 is 6.04 Å². The van der Waals surface area contributed by atoms with Crippen LogP contribution in [0.25, 0.3) is 0 Å². The van der Waals surface area contributed by atoms with E-state index in [9.17, 15) is 9.59 Å². The fourth-order valence-corrected chi connectivity index (χ4v) is 4.05. The number of rotatable bonds is 7. The molecule has 0 saturated carbocycles. The van der Waals surface area contributed by atoms with Gasteiger partial charge >= 0.3 is 0 Å². The fourth-order valence-electron chi connectivity index (χ4n) is 4.05. The first-order chi connectivity index (χ1) is 14.5. The molecule has 1 heterocycles. The number of para-hydroxylation sites is 1. The Balaban J connectivity index is 1.72. The Hall–Kier alpha value is -3.02. The van der Waals surface area contributed by atoms with Crippen LogP contribution in [0, 0.1) is 0 Å². The summed E-state index contributed by atoms with van der Waals surface area (Å²) in [5.74, 6) is 0.466. The highest BCUT2D eigenvalue weighted by Gasteiger charge is 2.31. The van der Waals surface area contributed by atoms with Crippen molar-refractivity contribution >= 4 is 17.5 Å². The van der Waals surface area contributed by atoms with E-state index in [0.717, 1.165) is 37.2 Å². The molecular weight excluding hydrogens is 378 g/mol. The quantitative estimate of drug-likeness (QED) is 0.764. The molecule has 1 fully saturated rings. The molecule has 6 heteroatoms. The van der Waals surface area contributed by atoms with Gasteiger partial charge in [0.2, 0.25) is 11.8 Å². The van der Waals surface area contributed by atoms with E-state index in [1.807, 2.05) is 54.4 Å². The van der Waals surface area contributed by atoms with Gasteiger partial charge in [0.1, 0.15) is 11.8 Å². The van der Waals surface area contributed by atoms with Crippen molar-refractivity contribution in [2.75, 3.05) is 32.1 Å². The zero-order valence-corrected chi connectivity index (χ0v) is 18.0. The smallest absolute Gasteiger partial charge is 0.245 e. The summed E-state index contributed by atoms with van der Waals surface area (Å²) >= 11 is 0. The molecule has 3 rings (SSSR count). The number of carbonyl (C=O) groups excluding carboxylic acids is 2. The van der Waals surface area contributed by atoms with Crippen molar-refractivity contribution in [2.24, 2.45) is 0 Å². The van der Waals surface area contributed by atoms with Crippen LogP contribution in [0.4, 0.5) is 5.69 Å². The number of likely N-dealkylation sites (N-methyl/N-ethyl adjacent to an activating group) is 1. The monoisotopic (exact) mass is 409 g/mol. The van der Waals surface area contributed by atoms with Gasteiger partial charge in [0.15, 0.2) is 0 Å². The number of hydrogen-bond acceptors (Lipinski definition) is 4. The number of amides is 2. The van der Waals surface area contributed by atoms with Crippen molar-refractivity contribution in [1.29, 1.82) is 0 Å². The van der Waals surface area contributed by atoms with Crippen LogP contribution in [-0.2, 0) is 16.0 Å². The summed E-state index contributed by atoms with van der Waals surface area (Å²) in [7, 11) is 3.47. The van der Waals surface area contributed by atoms with Crippen molar-refractivity contribution in [3.05, 3.63) is 60.2 Å². The predicted molar refractivity (Wildman–Crippen MR) is 119 cm³/mol. The third kappa shape index (κ3) is 5.53. The molecule has 0 aliphatic carbocycles. The van der Waals surface area contributed by atoms with E-state index in [-0.39, 0.29) is 17.9 Å². The number of nitrogens with zero attached hydrogens (tertiary/aromatic N) is 2. The van der Waals surface area contributed by atoms with Gasteiger partial charge in [-0.2, -0.15) is 0 Å². The first kappa shape index (κ1) is 21.7. The Kier molecular flexibility index (Phi) is 7.33. The molecule has 30 heavy (non-hydrogen) atoms. The van der Waals surface area contributed by atoms with Crippen molar-refractivity contribution < 1.29 is 14.3 Å². The van der Waals surface area contributed by atoms with Gasteiger partial charge in [-0.1, -0.05) is 30.3 Å². The van der Waals surface area contributed by atoms with Crippen molar-refractivity contribution in [3.63, 3.8) is 0 Å². The molecule has 2 aromatic rings. The standard InChI is InChI=1S/C24H31N3O3/c1-18(28)25-23(16-19-9-7-13-22(15-19)30-3)24(29)26(2)21-12-8-14-27(17-21)20-10-5-4-6-11-20/h4-7,9-11,13,15,21,23H,8,12,14,16-17H2,1-3H3,(H,25,28). The minimum Gasteiger partial charge on any atom is -0.497 e. The first-order valence-electron chi connectivity index (χ1n) is 10.4. The Morgan fingerprint density at radius 3 is 2.67 bits per heavy atom. The highest BCUT2D eigenvalue weighted by molar-refractivity contribution is 5.87. The molecule has 1 N–H and O–H groups in total. The maximum atomic E-state index is 13.3. The van der Waals surface area contributed by atoms with Crippen LogP contribution >= 0.6 is 0 Å². The maximum absolute atomic E-state index is 13.3. The van der Waals surface area contributed by atoms with Crippen LogP contribution in [0.5, 0.6) is 5.75 Å². The number of benzene rings is 2. The van der Waals surface area contributed by atoms with Gasteiger partial charge in [-0.15, -0.1) is 0 Å². The highest BCUT2D eigenvalue weighted by atomic mass is 16.5. The molecule has 160 valence electrons. The fraction of sp³-hybridized carbons (Fsp3) is 0.417. The minimum atomic E-state index is -0.605. The zero-order chi connectivity index (χ0) is 21.5. The van der Waals surface area contributed by atoms with Gasteiger partial charge < -0.3 is 19.9 Å². The van der Waals surface area contributed by atoms with Gasteiger partial charge in [0, 0.05) is 45.2 Å². The molecular formula is C24H31N3O3. The number of piperidine rings is 1. The van der Waals surface area contributed by atoms with Crippen LogP contribution in [0.15, 0.2) is 54.6 Å². The topological polar surface area (TPSA) is 61.9 Å². The van der Waals surface area contributed by atoms with E-state index in [4.69, 9.17) is 4.74 Å². The van der Waals surface area contributed by atoms with Crippen molar-refractivity contribution in [3.8, 4) is 5.75 Å². The second kappa shape index (κ2) is 10.1.